The highest BCUT2D eigenvalue weighted by atomic mass is 32.2. The maximum absolute atomic E-state index is 12.3. The molecule has 0 N–H and O–H groups in total. The van der Waals surface area contributed by atoms with E-state index in [2.05, 4.69) is 16.9 Å². The number of aryl methyl sites for hydroxylation is 1. The Morgan fingerprint density at radius 1 is 1.41 bits per heavy atom. The van der Waals surface area contributed by atoms with Crippen LogP contribution in [0.2, 0.25) is 0 Å². The van der Waals surface area contributed by atoms with E-state index in [1.165, 1.54) is 11.8 Å². The SMILES string of the molecule is CCc1nc(COC(=O)c2nc(SC)n3ccccc23)cs1. The first-order valence-electron chi connectivity index (χ1n) is 6.84. The van der Waals surface area contributed by atoms with Crippen LogP contribution in [0.4, 0.5) is 0 Å². The van der Waals surface area contributed by atoms with Crippen LogP contribution in [-0.4, -0.2) is 26.6 Å². The van der Waals surface area contributed by atoms with Crippen molar-refractivity contribution >= 4 is 34.6 Å². The van der Waals surface area contributed by atoms with Gasteiger partial charge in [0.15, 0.2) is 10.9 Å². The molecule has 0 unspecified atom stereocenters. The van der Waals surface area contributed by atoms with E-state index in [0.717, 1.165) is 27.8 Å². The number of carbonyl (C=O) groups is 1. The topological polar surface area (TPSA) is 56.5 Å². The van der Waals surface area contributed by atoms with Gasteiger partial charge in [-0.05, 0) is 24.8 Å². The highest BCUT2D eigenvalue weighted by molar-refractivity contribution is 7.98. The molecule has 0 saturated carbocycles. The summed E-state index contributed by atoms with van der Waals surface area (Å²) in [5.74, 6) is -0.421. The molecule has 3 rings (SSSR count). The number of carbonyl (C=O) groups excluding carboxylic acids is 1. The summed E-state index contributed by atoms with van der Waals surface area (Å²) in [6.07, 6.45) is 4.71. The molecule has 0 amide bonds. The average molecular weight is 333 g/mol. The van der Waals surface area contributed by atoms with Crippen LogP contribution in [0.15, 0.2) is 34.9 Å². The van der Waals surface area contributed by atoms with E-state index < -0.39 is 5.97 Å². The number of imidazole rings is 1. The molecule has 3 aromatic rings. The molecule has 0 aliphatic rings. The van der Waals surface area contributed by atoms with Gasteiger partial charge in [0.05, 0.1) is 16.2 Å². The molecule has 0 aliphatic carbocycles. The number of nitrogens with zero attached hydrogens (tertiary/aromatic N) is 3. The molecule has 0 saturated heterocycles. The highest BCUT2D eigenvalue weighted by Crippen LogP contribution is 2.21. The third kappa shape index (κ3) is 2.86. The molecule has 7 heteroatoms. The fourth-order valence-electron chi connectivity index (χ4n) is 2.09. The van der Waals surface area contributed by atoms with Crippen LogP contribution in [0, 0.1) is 0 Å². The van der Waals surface area contributed by atoms with Crippen molar-refractivity contribution in [3.8, 4) is 0 Å². The molecule has 3 heterocycles. The van der Waals surface area contributed by atoms with E-state index in [0.29, 0.717) is 5.69 Å². The van der Waals surface area contributed by atoms with Gasteiger partial charge in [0.1, 0.15) is 6.61 Å². The maximum atomic E-state index is 12.3. The van der Waals surface area contributed by atoms with Crippen LogP contribution in [0.3, 0.4) is 0 Å². The van der Waals surface area contributed by atoms with E-state index in [1.54, 1.807) is 11.3 Å². The number of ether oxygens (including phenoxy) is 1. The second-order valence-corrected chi connectivity index (χ2v) is 6.28. The number of hydrogen-bond donors (Lipinski definition) is 0. The van der Waals surface area contributed by atoms with Crippen LogP contribution < -0.4 is 0 Å². The Bertz CT molecular complexity index is 810. The van der Waals surface area contributed by atoms with Gasteiger partial charge in [0.25, 0.3) is 0 Å². The van der Waals surface area contributed by atoms with Gasteiger partial charge >= 0.3 is 5.97 Å². The van der Waals surface area contributed by atoms with Gasteiger partial charge in [-0.25, -0.2) is 14.8 Å². The zero-order valence-electron chi connectivity index (χ0n) is 12.3. The number of pyridine rings is 1. The van der Waals surface area contributed by atoms with Crippen molar-refractivity contribution in [3.05, 3.63) is 46.2 Å². The van der Waals surface area contributed by atoms with Crippen LogP contribution in [-0.2, 0) is 17.8 Å². The highest BCUT2D eigenvalue weighted by Gasteiger charge is 2.18. The van der Waals surface area contributed by atoms with Crippen molar-refractivity contribution < 1.29 is 9.53 Å². The van der Waals surface area contributed by atoms with Crippen molar-refractivity contribution in [3.63, 3.8) is 0 Å². The summed E-state index contributed by atoms with van der Waals surface area (Å²) >= 11 is 3.07. The van der Waals surface area contributed by atoms with Gasteiger partial charge in [-0.1, -0.05) is 24.8 Å². The van der Waals surface area contributed by atoms with Crippen molar-refractivity contribution in [2.75, 3.05) is 6.26 Å². The Kier molecular flexibility index (Phi) is 4.44. The van der Waals surface area contributed by atoms with E-state index in [9.17, 15) is 4.79 Å². The lowest BCUT2D eigenvalue weighted by molar-refractivity contribution is 0.0464. The molecule has 0 aromatic carbocycles. The normalized spacial score (nSPS) is 11.0. The number of aromatic nitrogens is 3. The quantitative estimate of drug-likeness (QED) is 0.529. The van der Waals surface area contributed by atoms with Crippen molar-refractivity contribution in [2.24, 2.45) is 0 Å². The molecule has 0 radical (unpaired) electrons. The third-order valence-corrected chi connectivity index (χ3v) is 4.84. The Morgan fingerprint density at radius 3 is 3.00 bits per heavy atom. The molecule has 0 spiro atoms. The largest absolute Gasteiger partial charge is 0.454 e. The number of esters is 1. The monoisotopic (exact) mass is 333 g/mol. The first-order valence-corrected chi connectivity index (χ1v) is 8.94. The first-order chi connectivity index (χ1) is 10.7. The van der Waals surface area contributed by atoms with Gasteiger partial charge in [0.2, 0.25) is 0 Å². The molecular formula is C15H15N3O2S2. The van der Waals surface area contributed by atoms with Crippen molar-refractivity contribution in [1.82, 2.24) is 14.4 Å². The van der Waals surface area contributed by atoms with Crippen molar-refractivity contribution in [1.29, 1.82) is 0 Å². The maximum Gasteiger partial charge on any atom is 0.359 e. The number of thioether (sulfide) groups is 1. The van der Waals surface area contributed by atoms with E-state index in [1.807, 2.05) is 40.4 Å². The molecule has 0 atom stereocenters. The summed E-state index contributed by atoms with van der Waals surface area (Å²) in [5, 5.41) is 3.73. The number of rotatable bonds is 5. The average Bonchev–Trinajstić information content (AvgIpc) is 3.17. The molecule has 0 aliphatic heterocycles. The van der Waals surface area contributed by atoms with Crippen LogP contribution in [0.5, 0.6) is 0 Å². The molecule has 0 fully saturated rings. The molecule has 22 heavy (non-hydrogen) atoms. The standard InChI is InChI=1S/C15H15N3O2S2/c1-3-12-16-10(9-22-12)8-20-14(19)13-11-6-4-5-7-18(11)15(17-13)21-2/h4-7,9H,3,8H2,1-2H3. The van der Waals surface area contributed by atoms with Gasteiger partial charge in [-0.2, -0.15) is 0 Å². The van der Waals surface area contributed by atoms with E-state index in [-0.39, 0.29) is 6.61 Å². The Hall–Kier alpha value is -1.86. The molecular weight excluding hydrogens is 318 g/mol. The second kappa shape index (κ2) is 6.50. The Labute approximate surface area is 136 Å². The summed E-state index contributed by atoms with van der Waals surface area (Å²) in [7, 11) is 0. The van der Waals surface area contributed by atoms with Gasteiger partial charge in [-0.3, -0.25) is 4.40 Å². The lowest BCUT2D eigenvalue weighted by Gasteiger charge is -2.01. The summed E-state index contributed by atoms with van der Waals surface area (Å²) in [6, 6.07) is 5.65. The van der Waals surface area contributed by atoms with Crippen LogP contribution in [0.25, 0.3) is 5.52 Å². The minimum absolute atomic E-state index is 0.176. The second-order valence-electron chi connectivity index (χ2n) is 4.57. The summed E-state index contributed by atoms with van der Waals surface area (Å²) in [6.45, 7) is 2.23. The fourth-order valence-corrected chi connectivity index (χ4v) is 3.36. The number of fused-ring (bicyclic) bond motifs is 1. The molecule has 5 nitrogen and oxygen atoms in total. The molecule has 114 valence electrons. The number of hydrogen-bond acceptors (Lipinski definition) is 6. The zero-order chi connectivity index (χ0) is 15.5. The lowest BCUT2D eigenvalue weighted by atomic mass is 10.3. The van der Waals surface area contributed by atoms with E-state index in [4.69, 9.17) is 4.74 Å². The Morgan fingerprint density at radius 2 is 2.27 bits per heavy atom. The lowest BCUT2D eigenvalue weighted by Crippen LogP contribution is -2.06. The van der Waals surface area contributed by atoms with Crippen molar-refractivity contribution in [2.45, 2.75) is 25.1 Å². The number of thiazole rings is 1. The molecule has 0 bridgehead atoms. The predicted molar refractivity (Wildman–Crippen MR) is 87.6 cm³/mol. The summed E-state index contributed by atoms with van der Waals surface area (Å²) in [4.78, 5) is 21.1. The molecule has 3 aromatic heterocycles. The fraction of sp³-hybridized carbons (Fsp3) is 0.267. The first kappa shape index (κ1) is 15.1. The predicted octanol–water partition coefficient (Wildman–Crippen LogP) is 3.43. The van der Waals surface area contributed by atoms with E-state index >= 15 is 0 Å². The smallest absolute Gasteiger partial charge is 0.359 e. The minimum Gasteiger partial charge on any atom is -0.454 e. The zero-order valence-corrected chi connectivity index (χ0v) is 13.9. The van der Waals surface area contributed by atoms with Crippen LogP contribution in [0.1, 0.15) is 28.1 Å². The summed E-state index contributed by atoms with van der Waals surface area (Å²) in [5.41, 5.74) is 1.88. The van der Waals surface area contributed by atoms with Gasteiger partial charge in [-0.15, -0.1) is 11.3 Å². The Balaban J connectivity index is 1.80. The van der Waals surface area contributed by atoms with Gasteiger partial charge in [0, 0.05) is 11.6 Å². The van der Waals surface area contributed by atoms with Gasteiger partial charge < -0.3 is 4.74 Å². The van der Waals surface area contributed by atoms with Crippen LogP contribution >= 0.6 is 23.1 Å². The summed E-state index contributed by atoms with van der Waals surface area (Å²) < 4.78 is 7.25. The third-order valence-electron chi connectivity index (χ3n) is 3.14. The minimum atomic E-state index is -0.421.